The molecule has 0 bridgehead atoms. The molecule has 10 heteroatoms. The average molecular weight is 421 g/mol. The van der Waals surface area contributed by atoms with Crippen molar-refractivity contribution in [1.29, 1.82) is 0 Å². The van der Waals surface area contributed by atoms with Gasteiger partial charge in [0.25, 0.3) is 20.0 Å². The van der Waals surface area contributed by atoms with Gasteiger partial charge in [-0.2, -0.15) is 27.0 Å². The van der Waals surface area contributed by atoms with E-state index >= 15 is 0 Å². The lowest BCUT2D eigenvalue weighted by Crippen LogP contribution is -2.24. The van der Waals surface area contributed by atoms with Crippen LogP contribution in [0.2, 0.25) is 0 Å². The third kappa shape index (κ3) is 5.17. The number of rotatable bonds is 6. The van der Waals surface area contributed by atoms with Crippen molar-refractivity contribution in [2.75, 3.05) is 0 Å². The number of benzene rings is 2. The number of hydrogen-bond acceptors (Lipinski definition) is 6. The monoisotopic (exact) mass is 420 g/mol. The van der Waals surface area contributed by atoms with Crippen LogP contribution in [0.3, 0.4) is 0 Å². The zero-order chi connectivity index (χ0) is 20.0. The molecule has 3 rings (SSSR count). The molecule has 0 heterocycles. The molecular formula is C18H20N4O4S2. The van der Waals surface area contributed by atoms with E-state index in [-0.39, 0.29) is 9.79 Å². The highest BCUT2D eigenvalue weighted by molar-refractivity contribution is 7.89. The van der Waals surface area contributed by atoms with E-state index in [1.54, 1.807) is 36.4 Å². The van der Waals surface area contributed by atoms with E-state index in [4.69, 9.17) is 0 Å². The van der Waals surface area contributed by atoms with Crippen LogP contribution in [0.4, 0.5) is 0 Å². The smallest absolute Gasteiger partial charge is 0.200 e. The van der Waals surface area contributed by atoms with Crippen LogP contribution < -0.4 is 9.66 Å². The molecule has 0 spiro atoms. The first-order chi connectivity index (χ1) is 13.4. The van der Waals surface area contributed by atoms with Crippen molar-refractivity contribution in [3.63, 3.8) is 0 Å². The van der Waals surface area contributed by atoms with Crippen LogP contribution in [0.1, 0.15) is 25.7 Å². The van der Waals surface area contributed by atoms with Gasteiger partial charge in [0, 0.05) is 11.4 Å². The fourth-order valence-electron chi connectivity index (χ4n) is 2.60. The molecule has 1 saturated carbocycles. The summed E-state index contributed by atoms with van der Waals surface area (Å²) in [5.74, 6) is 0. The minimum Gasteiger partial charge on any atom is -0.200 e. The quantitative estimate of drug-likeness (QED) is 0.697. The molecule has 0 saturated heterocycles. The maximum Gasteiger partial charge on any atom is 0.276 e. The highest BCUT2D eigenvalue weighted by atomic mass is 32.2. The zero-order valence-corrected chi connectivity index (χ0v) is 16.6. The van der Waals surface area contributed by atoms with Crippen molar-refractivity contribution in [3.8, 4) is 0 Å². The Kier molecular flexibility index (Phi) is 6.10. The van der Waals surface area contributed by atoms with Crippen LogP contribution in [0.15, 0.2) is 80.7 Å². The molecule has 1 aliphatic carbocycles. The molecule has 2 aromatic carbocycles. The third-order valence-corrected chi connectivity index (χ3v) is 6.61. The van der Waals surface area contributed by atoms with Gasteiger partial charge in [-0.1, -0.05) is 36.4 Å². The fraction of sp³-hybridized carbons (Fsp3) is 0.222. The summed E-state index contributed by atoms with van der Waals surface area (Å²) < 4.78 is 48.7. The normalized spacial score (nSPS) is 15.0. The molecular weight excluding hydrogens is 400 g/mol. The highest BCUT2D eigenvalue weighted by Gasteiger charge is 2.17. The maximum absolute atomic E-state index is 12.2. The lowest BCUT2D eigenvalue weighted by atomic mass is 9.97. The van der Waals surface area contributed by atoms with Gasteiger partial charge in [-0.15, -0.1) is 0 Å². The number of hydrazone groups is 2. The van der Waals surface area contributed by atoms with Gasteiger partial charge in [0.05, 0.1) is 9.79 Å². The molecule has 0 aromatic heterocycles. The summed E-state index contributed by atoms with van der Waals surface area (Å²) in [4.78, 5) is 4.78. The van der Waals surface area contributed by atoms with E-state index in [1.165, 1.54) is 24.3 Å². The molecule has 0 amide bonds. The van der Waals surface area contributed by atoms with Crippen LogP contribution in [-0.2, 0) is 20.0 Å². The van der Waals surface area contributed by atoms with Gasteiger partial charge in [0.2, 0.25) is 0 Å². The maximum atomic E-state index is 12.2. The highest BCUT2D eigenvalue weighted by Crippen LogP contribution is 2.15. The van der Waals surface area contributed by atoms with Crippen LogP contribution in [-0.4, -0.2) is 28.3 Å². The van der Waals surface area contributed by atoms with E-state index in [0.717, 1.165) is 0 Å². The third-order valence-electron chi connectivity index (χ3n) is 4.16. The van der Waals surface area contributed by atoms with Gasteiger partial charge in [-0.3, -0.25) is 0 Å². The van der Waals surface area contributed by atoms with E-state index in [0.29, 0.717) is 37.1 Å². The summed E-state index contributed by atoms with van der Waals surface area (Å²) >= 11 is 0. The van der Waals surface area contributed by atoms with Crippen molar-refractivity contribution in [3.05, 3.63) is 60.7 Å². The number of hydrogen-bond donors (Lipinski definition) is 2. The lowest BCUT2D eigenvalue weighted by molar-refractivity contribution is 0.582. The Hall–Kier alpha value is -2.72. The van der Waals surface area contributed by atoms with Gasteiger partial charge >= 0.3 is 0 Å². The Morgan fingerprint density at radius 2 is 0.893 bits per heavy atom. The summed E-state index contributed by atoms with van der Waals surface area (Å²) in [6.45, 7) is 0. The van der Waals surface area contributed by atoms with Crippen LogP contribution in [0.25, 0.3) is 0 Å². The number of nitrogens with zero attached hydrogens (tertiary/aromatic N) is 2. The molecule has 28 heavy (non-hydrogen) atoms. The minimum absolute atomic E-state index is 0.146. The molecule has 0 aliphatic heterocycles. The molecule has 148 valence electrons. The summed E-state index contributed by atoms with van der Waals surface area (Å²) in [7, 11) is -7.39. The Balaban J connectivity index is 1.57. The van der Waals surface area contributed by atoms with E-state index in [1.807, 2.05) is 0 Å². The molecule has 2 aromatic rings. The van der Waals surface area contributed by atoms with Crippen molar-refractivity contribution in [2.45, 2.75) is 35.5 Å². The molecule has 0 unspecified atom stereocenters. The first kappa shape index (κ1) is 20.0. The van der Waals surface area contributed by atoms with Crippen LogP contribution in [0, 0.1) is 0 Å². The Labute approximate surface area is 164 Å². The number of sulfonamides is 2. The molecule has 2 N–H and O–H groups in total. The fourth-order valence-corrected chi connectivity index (χ4v) is 4.35. The second kappa shape index (κ2) is 8.53. The van der Waals surface area contributed by atoms with Gasteiger partial charge < -0.3 is 0 Å². The minimum atomic E-state index is -3.69. The van der Waals surface area contributed by atoms with Crippen molar-refractivity contribution >= 4 is 31.5 Å². The largest absolute Gasteiger partial charge is 0.276 e. The second-order valence-corrected chi connectivity index (χ2v) is 9.49. The van der Waals surface area contributed by atoms with E-state index in [9.17, 15) is 16.8 Å². The van der Waals surface area contributed by atoms with Crippen molar-refractivity contribution < 1.29 is 16.8 Å². The molecule has 1 fully saturated rings. The Bertz CT molecular complexity index is 979. The van der Waals surface area contributed by atoms with Crippen LogP contribution >= 0.6 is 0 Å². The first-order valence-corrected chi connectivity index (χ1v) is 11.6. The Morgan fingerprint density at radius 1 is 0.571 bits per heavy atom. The predicted octanol–water partition coefficient (Wildman–Crippen LogP) is 2.23. The lowest BCUT2D eigenvalue weighted by Gasteiger charge is -2.15. The van der Waals surface area contributed by atoms with Gasteiger partial charge in [0.1, 0.15) is 0 Å². The molecule has 1 aliphatic rings. The molecule has 0 atom stereocenters. The average Bonchev–Trinajstić information content (AvgIpc) is 2.73. The standard InChI is InChI=1S/C18H20N4O4S2/c23-27(24,17-7-3-1-4-8-17)21-19-15-11-13-16(14-12-15)20-22-28(25,26)18-9-5-2-6-10-18/h1-10,21-22H,11-14H2. The zero-order valence-electron chi connectivity index (χ0n) is 14.9. The van der Waals surface area contributed by atoms with Crippen molar-refractivity contribution in [2.24, 2.45) is 10.2 Å². The van der Waals surface area contributed by atoms with Crippen molar-refractivity contribution in [1.82, 2.24) is 9.66 Å². The summed E-state index contributed by atoms with van der Waals surface area (Å²) in [5, 5.41) is 8.01. The van der Waals surface area contributed by atoms with Crippen LogP contribution in [0.5, 0.6) is 0 Å². The predicted molar refractivity (Wildman–Crippen MR) is 107 cm³/mol. The van der Waals surface area contributed by atoms with Gasteiger partial charge in [-0.05, 0) is 49.9 Å². The van der Waals surface area contributed by atoms with E-state index < -0.39 is 20.0 Å². The second-order valence-electron chi connectivity index (χ2n) is 6.17. The number of nitrogens with one attached hydrogen (secondary N) is 2. The van der Waals surface area contributed by atoms with E-state index in [2.05, 4.69) is 19.9 Å². The summed E-state index contributed by atoms with van der Waals surface area (Å²) in [6.07, 6.45) is 2.01. The molecule has 8 nitrogen and oxygen atoms in total. The topological polar surface area (TPSA) is 117 Å². The van der Waals surface area contributed by atoms with Gasteiger partial charge in [0.15, 0.2) is 0 Å². The van der Waals surface area contributed by atoms with Gasteiger partial charge in [-0.25, -0.2) is 9.66 Å². The first-order valence-electron chi connectivity index (χ1n) is 8.61. The SMILES string of the molecule is O=S(=O)(NN=C1CCC(=NNS(=O)(=O)c2ccccc2)CC1)c1ccccc1. The molecule has 0 radical (unpaired) electrons. The summed E-state index contributed by atoms with van der Waals surface area (Å²) in [6, 6.07) is 16.0. The Morgan fingerprint density at radius 3 is 1.21 bits per heavy atom. The summed E-state index contributed by atoms with van der Waals surface area (Å²) in [5.41, 5.74) is 1.40.